The van der Waals surface area contributed by atoms with Crippen molar-refractivity contribution in [1.29, 1.82) is 0 Å². The second kappa shape index (κ2) is 3.52. The molecule has 0 aromatic heterocycles. The van der Waals surface area contributed by atoms with Gasteiger partial charge in [0, 0.05) is 12.6 Å². The van der Waals surface area contributed by atoms with Crippen molar-refractivity contribution >= 4 is 0 Å². The van der Waals surface area contributed by atoms with Crippen LogP contribution in [0.1, 0.15) is 59.3 Å². The molecular weight excluding hydrogens is 170 g/mol. The van der Waals surface area contributed by atoms with E-state index >= 15 is 0 Å². The summed E-state index contributed by atoms with van der Waals surface area (Å²) >= 11 is 0. The van der Waals surface area contributed by atoms with Gasteiger partial charge in [-0.05, 0) is 43.4 Å². The molecule has 2 aliphatic carbocycles. The molecule has 0 amide bonds. The van der Waals surface area contributed by atoms with Crippen LogP contribution < -0.4 is 5.32 Å². The highest BCUT2D eigenvalue weighted by atomic mass is 14.9. The van der Waals surface area contributed by atoms with Crippen LogP contribution in [0.4, 0.5) is 0 Å². The van der Waals surface area contributed by atoms with Crippen LogP contribution in [-0.2, 0) is 0 Å². The third-order valence-electron chi connectivity index (χ3n) is 4.73. The Bertz CT molecular complexity index is 199. The summed E-state index contributed by atoms with van der Waals surface area (Å²) in [5.74, 6) is 0. The third kappa shape index (κ3) is 2.13. The van der Waals surface area contributed by atoms with Gasteiger partial charge in [0.1, 0.15) is 0 Å². The van der Waals surface area contributed by atoms with Crippen LogP contribution in [0.15, 0.2) is 0 Å². The summed E-state index contributed by atoms with van der Waals surface area (Å²) in [6.45, 7) is 8.48. The van der Waals surface area contributed by atoms with Gasteiger partial charge in [0.05, 0.1) is 0 Å². The molecule has 0 radical (unpaired) electrons. The van der Waals surface area contributed by atoms with E-state index in [0.717, 1.165) is 6.04 Å². The molecule has 2 rings (SSSR count). The fraction of sp³-hybridized carbons (Fsp3) is 1.00. The molecule has 2 fully saturated rings. The largest absolute Gasteiger partial charge is 0.313 e. The number of hydrogen-bond acceptors (Lipinski definition) is 1. The molecule has 1 heteroatoms. The summed E-state index contributed by atoms with van der Waals surface area (Å²) in [5, 5.41) is 3.77. The van der Waals surface area contributed by atoms with Crippen molar-refractivity contribution in [2.45, 2.75) is 65.3 Å². The number of nitrogens with one attached hydrogen (secondary N) is 1. The number of rotatable bonds is 4. The zero-order chi connectivity index (χ0) is 10.2. The van der Waals surface area contributed by atoms with E-state index in [0.29, 0.717) is 10.8 Å². The Balaban J connectivity index is 1.76. The van der Waals surface area contributed by atoms with Gasteiger partial charge in [-0.1, -0.05) is 26.7 Å². The molecular formula is C13H25N. The molecule has 0 bridgehead atoms. The molecule has 1 nitrogen and oxygen atoms in total. The summed E-state index contributed by atoms with van der Waals surface area (Å²) in [6, 6.07) is 0.722. The Kier molecular flexibility index (Phi) is 2.63. The van der Waals surface area contributed by atoms with E-state index in [1.165, 1.54) is 45.1 Å². The average Bonchev–Trinajstić information content (AvgIpc) is 2.75. The van der Waals surface area contributed by atoms with Gasteiger partial charge in [-0.2, -0.15) is 0 Å². The first-order valence-corrected chi connectivity index (χ1v) is 6.28. The van der Waals surface area contributed by atoms with Crippen LogP contribution >= 0.6 is 0 Å². The van der Waals surface area contributed by atoms with E-state index in [-0.39, 0.29) is 0 Å². The molecule has 2 saturated carbocycles. The lowest BCUT2D eigenvalue weighted by Gasteiger charge is -2.29. The fourth-order valence-corrected chi connectivity index (χ4v) is 2.68. The molecule has 1 unspecified atom stereocenters. The van der Waals surface area contributed by atoms with Crippen LogP contribution in [0.3, 0.4) is 0 Å². The second-order valence-electron chi connectivity index (χ2n) is 6.27. The van der Waals surface area contributed by atoms with Gasteiger partial charge in [-0.3, -0.25) is 0 Å². The van der Waals surface area contributed by atoms with Crippen LogP contribution in [-0.4, -0.2) is 12.6 Å². The normalized spacial score (nSPS) is 30.2. The highest BCUT2D eigenvalue weighted by Crippen LogP contribution is 2.48. The summed E-state index contributed by atoms with van der Waals surface area (Å²) in [7, 11) is 0. The topological polar surface area (TPSA) is 12.0 Å². The van der Waals surface area contributed by atoms with Crippen molar-refractivity contribution < 1.29 is 0 Å². The minimum absolute atomic E-state index is 0.611. The zero-order valence-electron chi connectivity index (χ0n) is 10.0. The quantitative estimate of drug-likeness (QED) is 0.725. The van der Waals surface area contributed by atoms with Crippen LogP contribution in [0, 0.1) is 10.8 Å². The maximum atomic E-state index is 3.77. The van der Waals surface area contributed by atoms with Gasteiger partial charge < -0.3 is 5.32 Å². The van der Waals surface area contributed by atoms with Crippen LogP contribution in [0.25, 0.3) is 0 Å². The Morgan fingerprint density at radius 1 is 1.07 bits per heavy atom. The Morgan fingerprint density at radius 2 is 1.64 bits per heavy atom. The molecule has 1 N–H and O–H groups in total. The molecule has 0 heterocycles. The summed E-state index contributed by atoms with van der Waals surface area (Å²) in [5.41, 5.74) is 1.24. The molecule has 82 valence electrons. The monoisotopic (exact) mass is 195 g/mol. The summed E-state index contributed by atoms with van der Waals surface area (Å²) in [4.78, 5) is 0. The van der Waals surface area contributed by atoms with Crippen molar-refractivity contribution in [1.82, 2.24) is 5.32 Å². The van der Waals surface area contributed by atoms with Gasteiger partial charge >= 0.3 is 0 Å². The molecule has 2 aliphatic rings. The SMILES string of the molecule is CC(NCC1(C)CCCC1)C1(C)CC1. The summed E-state index contributed by atoms with van der Waals surface area (Å²) in [6.07, 6.45) is 8.62. The van der Waals surface area contributed by atoms with Crippen LogP contribution in [0.5, 0.6) is 0 Å². The molecule has 0 aromatic carbocycles. The Hall–Kier alpha value is -0.0400. The van der Waals surface area contributed by atoms with Gasteiger partial charge in [0.15, 0.2) is 0 Å². The van der Waals surface area contributed by atoms with Crippen molar-refractivity contribution in [2.75, 3.05) is 6.54 Å². The summed E-state index contributed by atoms with van der Waals surface area (Å²) < 4.78 is 0. The predicted octanol–water partition coefficient (Wildman–Crippen LogP) is 3.34. The van der Waals surface area contributed by atoms with Crippen molar-refractivity contribution in [3.05, 3.63) is 0 Å². The van der Waals surface area contributed by atoms with E-state index in [2.05, 4.69) is 26.1 Å². The minimum atomic E-state index is 0.611. The first kappa shape index (κ1) is 10.5. The maximum Gasteiger partial charge on any atom is 0.00927 e. The highest BCUT2D eigenvalue weighted by molar-refractivity contribution is 4.97. The van der Waals surface area contributed by atoms with E-state index in [4.69, 9.17) is 0 Å². The lowest BCUT2D eigenvalue weighted by molar-refractivity contribution is 0.271. The molecule has 14 heavy (non-hydrogen) atoms. The van der Waals surface area contributed by atoms with Gasteiger partial charge in [-0.25, -0.2) is 0 Å². The predicted molar refractivity (Wildman–Crippen MR) is 61.4 cm³/mol. The molecule has 0 aromatic rings. The Morgan fingerprint density at radius 3 is 2.14 bits per heavy atom. The van der Waals surface area contributed by atoms with E-state index < -0.39 is 0 Å². The lowest BCUT2D eigenvalue weighted by atomic mass is 9.88. The average molecular weight is 195 g/mol. The highest BCUT2D eigenvalue weighted by Gasteiger charge is 2.42. The van der Waals surface area contributed by atoms with Crippen molar-refractivity contribution in [3.63, 3.8) is 0 Å². The van der Waals surface area contributed by atoms with Gasteiger partial charge in [0.25, 0.3) is 0 Å². The standard InChI is InChI=1S/C13H25N/c1-11(13(3)8-9-13)14-10-12(2)6-4-5-7-12/h11,14H,4-10H2,1-3H3. The number of hydrogen-bond donors (Lipinski definition) is 1. The van der Waals surface area contributed by atoms with E-state index in [9.17, 15) is 0 Å². The first-order valence-electron chi connectivity index (χ1n) is 6.28. The lowest BCUT2D eigenvalue weighted by Crippen LogP contribution is -2.39. The van der Waals surface area contributed by atoms with Crippen LogP contribution in [0.2, 0.25) is 0 Å². The zero-order valence-corrected chi connectivity index (χ0v) is 10.0. The van der Waals surface area contributed by atoms with Crippen molar-refractivity contribution in [3.8, 4) is 0 Å². The Labute approximate surface area is 88.7 Å². The fourth-order valence-electron chi connectivity index (χ4n) is 2.68. The van der Waals surface area contributed by atoms with E-state index in [1.807, 2.05) is 0 Å². The third-order valence-corrected chi connectivity index (χ3v) is 4.73. The van der Waals surface area contributed by atoms with Gasteiger partial charge in [-0.15, -0.1) is 0 Å². The maximum absolute atomic E-state index is 3.77. The van der Waals surface area contributed by atoms with Gasteiger partial charge in [0.2, 0.25) is 0 Å². The molecule has 0 spiro atoms. The molecule has 1 atom stereocenters. The van der Waals surface area contributed by atoms with Crippen molar-refractivity contribution in [2.24, 2.45) is 10.8 Å². The molecule has 0 aliphatic heterocycles. The van der Waals surface area contributed by atoms with E-state index in [1.54, 1.807) is 0 Å². The second-order valence-corrected chi connectivity index (χ2v) is 6.27. The molecule has 0 saturated heterocycles. The first-order chi connectivity index (χ1) is 6.54. The minimum Gasteiger partial charge on any atom is -0.313 e. The smallest absolute Gasteiger partial charge is 0.00927 e.